The van der Waals surface area contributed by atoms with Gasteiger partial charge in [0.15, 0.2) is 23.1 Å². The Hall–Kier alpha value is -2.82. The van der Waals surface area contributed by atoms with Gasteiger partial charge in [-0.3, -0.25) is 9.59 Å². The van der Waals surface area contributed by atoms with Gasteiger partial charge in [0, 0.05) is 47.8 Å². The molecule has 0 spiro atoms. The summed E-state index contributed by atoms with van der Waals surface area (Å²) in [7, 11) is 0. The van der Waals surface area contributed by atoms with Crippen LogP contribution in [0.1, 0.15) is 63.9 Å². The predicted molar refractivity (Wildman–Crippen MR) is 120 cm³/mol. The number of carbonyl (C=O) groups excluding carboxylic acids is 2. The molecule has 2 aliphatic carbocycles. The maximum Gasteiger partial charge on any atom is 0.161 e. The van der Waals surface area contributed by atoms with Crippen LogP contribution in [-0.4, -0.2) is 36.2 Å². The van der Waals surface area contributed by atoms with E-state index in [1.807, 2.05) is 25.1 Å². The van der Waals surface area contributed by atoms with Gasteiger partial charge in [0.25, 0.3) is 0 Å². The summed E-state index contributed by atoms with van der Waals surface area (Å²) in [5.41, 5.74) is 4.77. The van der Waals surface area contributed by atoms with E-state index in [2.05, 4.69) is 18.4 Å². The molecular weight excluding hydrogens is 390 g/mol. The minimum absolute atomic E-state index is 0.166. The molecule has 31 heavy (non-hydrogen) atoms. The molecule has 0 unspecified atom stereocenters. The second-order valence-electron chi connectivity index (χ2n) is 8.19. The monoisotopic (exact) mass is 421 g/mol. The first-order valence-electron chi connectivity index (χ1n) is 11.4. The van der Waals surface area contributed by atoms with Crippen molar-refractivity contribution in [2.75, 3.05) is 19.8 Å². The van der Waals surface area contributed by atoms with Crippen molar-refractivity contribution in [3.63, 3.8) is 0 Å². The molecule has 1 aromatic carbocycles. The molecule has 4 rings (SSSR count). The van der Waals surface area contributed by atoms with Crippen LogP contribution in [0.3, 0.4) is 0 Å². The van der Waals surface area contributed by atoms with E-state index in [1.165, 1.54) is 0 Å². The third-order valence-electron chi connectivity index (χ3n) is 6.36. The molecule has 1 aliphatic heterocycles. The lowest BCUT2D eigenvalue weighted by atomic mass is 9.71. The van der Waals surface area contributed by atoms with E-state index in [0.29, 0.717) is 37.6 Å². The topological polar surface area (TPSA) is 55.8 Å². The van der Waals surface area contributed by atoms with Crippen molar-refractivity contribution >= 4 is 11.6 Å². The lowest BCUT2D eigenvalue weighted by Crippen LogP contribution is -2.39. The van der Waals surface area contributed by atoms with E-state index in [1.54, 1.807) is 6.08 Å². The highest BCUT2D eigenvalue weighted by molar-refractivity contribution is 6.06. The van der Waals surface area contributed by atoms with Crippen molar-refractivity contribution < 1.29 is 19.1 Å². The highest BCUT2D eigenvalue weighted by Crippen LogP contribution is 2.49. The number of benzene rings is 1. The normalized spacial score (nSPS) is 19.4. The van der Waals surface area contributed by atoms with Gasteiger partial charge < -0.3 is 14.4 Å². The van der Waals surface area contributed by atoms with E-state index in [9.17, 15) is 9.59 Å². The van der Waals surface area contributed by atoms with Crippen molar-refractivity contribution in [3.05, 3.63) is 59.0 Å². The Morgan fingerprint density at radius 1 is 0.968 bits per heavy atom. The smallest absolute Gasteiger partial charge is 0.161 e. The zero-order chi connectivity index (χ0) is 22.0. The van der Waals surface area contributed by atoms with Gasteiger partial charge in [-0.15, -0.1) is 0 Å². The second-order valence-corrected chi connectivity index (χ2v) is 8.19. The maximum atomic E-state index is 13.2. The maximum absolute atomic E-state index is 13.2. The molecule has 164 valence electrons. The third kappa shape index (κ3) is 3.82. The lowest BCUT2D eigenvalue weighted by molar-refractivity contribution is -0.117. The van der Waals surface area contributed by atoms with Crippen molar-refractivity contribution in [3.8, 4) is 11.5 Å². The summed E-state index contributed by atoms with van der Waals surface area (Å²) < 4.78 is 11.6. The van der Waals surface area contributed by atoms with Gasteiger partial charge in [0.05, 0.1) is 6.61 Å². The van der Waals surface area contributed by atoms with Gasteiger partial charge >= 0.3 is 0 Å². The van der Waals surface area contributed by atoms with Crippen molar-refractivity contribution in [1.29, 1.82) is 0 Å². The van der Waals surface area contributed by atoms with Crippen molar-refractivity contribution in [1.82, 2.24) is 4.90 Å². The Morgan fingerprint density at radius 2 is 1.61 bits per heavy atom. The highest BCUT2D eigenvalue weighted by atomic mass is 16.5. The van der Waals surface area contributed by atoms with Crippen LogP contribution in [0.25, 0.3) is 0 Å². The molecule has 0 amide bonds. The molecule has 0 aromatic heterocycles. The van der Waals surface area contributed by atoms with E-state index >= 15 is 0 Å². The van der Waals surface area contributed by atoms with Crippen molar-refractivity contribution in [2.45, 2.75) is 58.3 Å². The number of nitrogens with zero attached hydrogens (tertiary/aromatic N) is 1. The fourth-order valence-corrected chi connectivity index (χ4v) is 5.17. The molecule has 0 saturated carbocycles. The molecule has 3 aliphatic rings. The summed E-state index contributed by atoms with van der Waals surface area (Å²) in [6.45, 7) is 9.41. The largest absolute Gasteiger partial charge is 0.490 e. The number of Topliss-reactive ketones (excluding diaryl/α,β-unsaturated/α-hetero) is 2. The third-order valence-corrected chi connectivity index (χ3v) is 6.36. The van der Waals surface area contributed by atoms with Crippen molar-refractivity contribution in [2.24, 2.45) is 0 Å². The highest BCUT2D eigenvalue weighted by Gasteiger charge is 2.43. The van der Waals surface area contributed by atoms with Gasteiger partial charge in [-0.1, -0.05) is 18.7 Å². The van der Waals surface area contributed by atoms with Gasteiger partial charge in [0.1, 0.15) is 6.61 Å². The molecule has 5 heteroatoms. The minimum Gasteiger partial charge on any atom is -0.490 e. The summed E-state index contributed by atoms with van der Waals surface area (Å²) in [5, 5.41) is 0. The van der Waals surface area contributed by atoms with Gasteiger partial charge in [-0.25, -0.2) is 0 Å². The van der Waals surface area contributed by atoms with Crippen LogP contribution in [0, 0.1) is 0 Å². The van der Waals surface area contributed by atoms with Crippen LogP contribution in [0.15, 0.2) is 53.4 Å². The van der Waals surface area contributed by atoms with Crippen LogP contribution in [0.4, 0.5) is 0 Å². The Bertz CT molecular complexity index is 928. The Morgan fingerprint density at radius 3 is 2.16 bits per heavy atom. The SMILES string of the molecule is C=CCOc1ccc(C2C3=C(CCCC3=O)N(CC)C3=C2C(=O)CCC3)cc1OCC. The molecule has 0 atom stereocenters. The number of ketones is 2. The second kappa shape index (κ2) is 9.13. The van der Waals surface area contributed by atoms with Gasteiger partial charge in [-0.05, 0) is 57.2 Å². The molecule has 1 aromatic rings. The summed E-state index contributed by atoms with van der Waals surface area (Å²) >= 11 is 0. The van der Waals surface area contributed by atoms with Gasteiger partial charge in [-0.2, -0.15) is 0 Å². The zero-order valence-electron chi connectivity index (χ0n) is 18.5. The van der Waals surface area contributed by atoms with E-state index in [-0.39, 0.29) is 17.5 Å². The predicted octanol–water partition coefficient (Wildman–Crippen LogP) is 5.08. The molecule has 1 heterocycles. The summed E-state index contributed by atoms with van der Waals surface area (Å²) in [4.78, 5) is 28.6. The lowest BCUT2D eigenvalue weighted by Gasteiger charge is -2.43. The van der Waals surface area contributed by atoms with Crippen LogP contribution >= 0.6 is 0 Å². The number of hydrogen-bond donors (Lipinski definition) is 0. The first kappa shape index (κ1) is 21.4. The Balaban J connectivity index is 1.88. The molecule has 0 radical (unpaired) electrons. The van der Waals surface area contributed by atoms with Crippen LogP contribution in [0.5, 0.6) is 11.5 Å². The molecule has 5 nitrogen and oxygen atoms in total. The van der Waals surface area contributed by atoms with E-state index in [0.717, 1.165) is 60.3 Å². The first-order valence-corrected chi connectivity index (χ1v) is 11.4. The van der Waals surface area contributed by atoms with Crippen LogP contribution in [0.2, 0.25) is 0 Å². The number of rotatable bonds is 7. The average molecular weight is 422 g/mol. The van der Waals surface area contributed by atoms with Crippen LogP contribution < -0.4 is 9.47 Å². The summed E-state index contributed by atoms with van der Waals surface area (Å²) in [5.74, 6) is 1.29. The number of carbonyl (C=O) groups is 2. The number of hydrogen-bond acceptors (Lipinski definition) is 5. The Labute approximate surface area is 184 Å². The van der Waals surface area contributed by atoms with E-state index in [4.69, 9.17) is 9.47 Å². The zero-order valence-corrected chi connectivity index (χ0v) is 18.5. The fraction of sp³-hybridized carbons (Fsp3) is 0.462. The fourth-order valence-electron chi connectivity index (χ4n) is 5.17. The molecule has 0 bridgehead atoms. The molecule has 0 fully saturated rings. The van der Waals surface area contributed by atoms with Crippen LogP contribution in [-0.2, 0) is 9.59 Å². The standard InChI is InChI=1S/C26H31NO4/c1-4-15-31-22-14-13-17(16-23(22)30-6-3)24-25-18(9-7-11-20(25)28)27(5-2)19-10-8-12-21(29)26(19)24/h4,13-14,16,24H,1,5-12,15H2,2-3H3. The Kier molecular flexibility index (Phi) is 6.30. The molecule has 0 saturated heterocycles. The number of allylic oxidation sites excluding steroid dienone is 4. The number of ether oxygens (including phenoxy) is 2. The molecule has 0 N–H and O–H groups in total. The first-order chi connectivity index (χ1) is 15.1. The quantitative estimate of drug-likeness (QED) is 0.575. The minimum atomic E-state index is -0.318. The summed E-state index contributed by atoms with van der Waals surface area (Å²) in [6.07, 6.45) is 6.29. The van der Waals surface area contributed by atoms with Gasteiger partial charge in [0.2, 0.25) is 0 Å². The summed E-state index contributed by atoms with van der Waals surface area (Å²) in [6, 6.07) is 5.82. The average Bonchev–Trinajstić information content (AvgIpc) is 2.77. The molecular formula is C26H31NO4. The van der Waals surface area contributed by atoms with E-state index < -0.39 is 0 Å².